The number of carboxylic acid groups (broad SMARTS) is 1. The number of hydrogen-bond donors (Lipinski definition) is 2. The molecule has 0 bridgehead atoms. The lowest BCUT2D eigenvalue weighted by molar-refractivity contribution is 0.0695. The fraction of sp³-hybridized carbons (Fsp3) is 0.269. The number of carboxylic acids is 1. The molecule has 0 aliphatic heterocycles. The van der Waals surface area contributed by atoms with Crippen molar-refractivity contribution in [1.29, 1.82) is 0 Å². The highest BCUT2D eigenvalue weighted by atomic mass is 32.2. The average Bonchev–Trinajstić information content (AvgIpc) is 2.84. The van der Waals surface area contributed by atoms with Crippen LogP contribution in [0, 0.1) is 0 Å². The Labute approximate surface area is 200 Å². The molecule has 0 heterocycles. The highest BCUT2D eigenvalue weighted by Crippen LogP contribution is 2.30. The van der Waals surface area contributed by atoms with Crippen LogP contribution in [0.5, 0.6) is 11.5 Å². The van der Waals surface area contributed by atoms with E-state index in [2.05, 4.69) is 4.72 Å². The van der Waals surface area contributed by atoms with Crippen LogP contribution >= 0.6 is 0 Å². The first-order valence-corrected chi connectivity index (χ1v) is 12.5. The van der Waals surface area contributed by atoms with E-state index in [1.165, 1.54) is 26.4 Å². The molecule has 34 heavy (non-hydrogen) atoms. The van der Waals surface area contributed by atoms with Gasteiger partial charge < -0.3 is 14.6 Å². The van der Waals surface area contributed by atoms with Gasteiger partial charge in [-0.1, -0.05) is 42.8 Å². The Morgan fingerprint density at radius 3 is 2.12 bits per heavy atom. The molecular formula is C26H29NO6S. The van der Waals surface area contributed by atoms with E-state index in [0.29, 0.717) is 35.6 Å². The second-order valence-electron chi connectivity index (χ2n) is 7.80. The third kappa shape index (κ3) is 6.29. The van der Waals surface area contributed by atoms with E-state index in [1.54, 1.807) is 30.3 Å². The summed E-state index contributed by atoms with van der Waals surface area (Å²) in [5.41, 5.74) is 2.61. The van der Waals surface area contributed by atoms with Gasteiger partial charge >= 0.3 is 5.97 Å². The van der Waals surface area contributed by atoms with E-state index in [4.69, 9.17) is 9.47 Å². The number of ether oxygens (including phenoxy) is 2. The van der Waals surface area contributed by atoms with Crippen LogP contribution in [0.3, 0.4) is 0 Å². The first kappa shape index (κ1) is 25.1. The van der Waals surface area contributed by atoms with Gasteiger partial charge in [0, 0.05) is 6.07 Å². The molecule has 8 heteroatoms. The molecule has 3 aromatic rings. The summed E-state index contributed by atoms with van der Waals surface area (Å²) < 4.78 is 39.1. The van der Waals surface area contributed by atoms with Crippen LogP contribution in [0.15, 0.2) is 71.6 Å². The van der Waals surface area contributed by atoms with Gasteiger partial charge in [0.25, 0.3) is 10.0 Å². The smallest absolute Gasteiger partial charge is 0.335 e. The first-order valence-electron chi connectivity index (χ1n) is 11.0. The second-order valence-corrected chi connectivity index (χ2v) is 9.48. The zero-order valence-electron chi connectivity index (χ0n) is 19.3. The molecule has 0 aliphatic carbocycles. The molecule has 0 saturated carbocycles. The highest BCUT2D eigenvalue weighted by molar-refractivity contribution is 7.92. The lowest BCUT2D eigenvalue weighted by Crippen LogP contribution is -2.14. The van der Waals surface area contributed by atoms with Crippen molar-refractivity contribution >= 4 is 21.7 Å². The Balaban J connectivity index is 1.62. The number of carbonyl (C=O) groups is 1. The van der Waals surface area contributed by atoms with Crippen molar-refractivity contribution < 1.29 is 27.8 Å². The van der Waals surface area contributed by atoms with E-state index in [1.807, 2.05) is 24.3 Å². The number of sulfonamides is 1. The Hall–Kier alpha value is -3.52. The zero-order valence-corrected chi connectivity index (χ0v) is 20.1. The molecular weight excluding hydrogens is 454 g/mol. The predicted molar refractivity (Wildman–Crippen MR) is 131 cm³/mol. The molecule has 0 fully saturated rings. The van der Waals surface area contributed by atoms with Gasteiger partial charge in [-0.2, -0.15) is 0 Å². The molecule has 3 aromatic carbocycles. The van der Waals surface area contributed by atoms with Crippen LogP contribution < -0.4 is 14.2 Å². The van der Waals surface area contributed by atoms with Gasteiger partial charge in [0.1, 0.15) is 0 Å². The average molecular weight is 484 g/mol. The number of aromatic carboxylic acids is 1. The topological polar surface area (TPSA) is 102 Å². The summed E-state index contributed by atoms with van der Waals surface area (Å²) in [6, 6.07) is 18.8. The van der Waals surface area contributed by atoms with Crippen molar-refractivity contribution in [2.24, 2.45) is 0 Å². The zero-order chi connectivity index (χ0) is 24.6. The molecule has 0 aromatic heterocycles. The van der Waals surface area contributed by atoms with Crippen molar-refractivity contribution in [3.8, 4) is 11.5 Å². The molecule has 180 valence electrons. The molecule has 0 saturated heterocycles. The third-order valence-corrected chi connectivity index (χ3v) is 6.93. The molecule has 0 radical (unpaired) electrons. The monoisotopic (exact) mass is 483 g/mol. The van der Waals surface area contributed by atoms with Crippen molar-refractivity contribution in [2.45, 2.75) is 37.0 Å². The second kappa shape index (κ2) is 11.6. The number of benzene rings is 3. The fourth-order valence-electron chi connectivity index (χ4n) is 3.78. The van der Waals surface area contributed by atoms with Crippen molar-refractivity contribution in [1.82, 2.24) is 0 Å². The van der Waals surface area contributed by atoms with Crippen molar-refractivity contribution in [3.63, 3.8) is 0 Å². The maximum absolute atomic E-state index is 13.0. The molecule has 7 nitrogen and oxygen atoms in total. The lowest BCUT2D eigenvalue weighted by Gasteiger charge is -2.14. The summed E-state index contributed by atoms with van der Waals surface area (Å²) in [6.07, 6.45) is 3.99. The fourth-order valence-corrected chi connectivity index (χ4v) is 4.90. The molecule has 0 unspecified atom stereocenters. The summed E-state index contributed by atoms with van der Waals surface area (Å²) >= 11 is 0. The maximum atomic E-state index is 13.0. The third-order valence-electron chi connectivity index (χ3n) is 5.57. The Kier molecular flexibility index (Phi) is 8.54. The number of hydrogen-bond acceptors (Lipinski definition) is 5. The number of aryl methyl sites for hydroxylation is 2. The van der Waals surface area contributed by atoms with E-state index >= 15 is 0 Å². The number of anilines is 1. The van der Waals surface area contributed by atoms with E-state index in [0.717, 1.165) is 30.4 Å². The van der Waals surface area contributed by atoms with E-state index < -0.39 is 16.0 Å². The molecule has 0 amide bonds. The van der Waals surface area contributed by atoms with Crippen LogP contribution in [-0.2, 0) is 22.9 Å². The minimum atomic E-state index is -3.82. The Morgan fingerprint density at radius 1 is 0.824 bits per heavy atom. The molecule has 0 atom stereocenters. The standard InChI is InChI=1S/C26H29NO6S/c1-32-24-17-16-21(18-25(24)33-2)34(30,31)27-23-15-9-7-13-20(23)12-5-3-4-10-19-11-6-8-14-22(19)26(28)29/h6-9,11,13-18,27H,3-5,10,12H2,1-2H3,(H,28,29). The largest absolute Gasteiger partial charge is 0.493 e. The number of unbranched alkanes of at least 4 members (excludes halogenated alkanes) is 2. The Bertz CT molecular complexity index is 1240. The summed E-state index contributed by atoms with van der Waals surface area (Å²) in [6.45, 7) is 0. The number of nitrogens with one attached hydrogen (secondary N) is 1. The van der Waals surface area contributed by atoms with Crippen LogP contribution in [0.1, 0.15) is 40.7 Å². The lowest BCUT2D eigenvalue weighted by atomic mass is 9.99. The van der Waals surface area contributed by atoms with Crippen LogP contribution in [0.25, 0.3) is 0 Å². The molecule has 2 N–H and O–H groups in total. The van der Waals surface area contributed by atoms with Gasteiger partial charge in [-0.05, 0) is 61.1 Å². The summed E-state index contributed by atoms with van der Waals surface area (Å²) in [5, 5.41) is 9.31. The number of rotatable bonds is 12. The first-order chi connectivity index (χ1) is 16.4. The summed E-state index contributed by atoms with van der Waals surface area (Å²) in [5.74, 6) is -0.123. The van der Waals surface area contributed by atoms with Crippen molar-refractivity contribution in [2.75, 3.05) is 18.9 Å². The van der Waals surface area contributed by atoms with Crippen LogP contribution in [0.2, 0.25) is 0 Å². The van der Waals surface area contributed by atoms with E-state index in [9.17, 15) is 18.3 Å². The van der Waals surface area contributed by atoms with Gasteiger partial charge in [-0.3, -0.25) is 4.72 Å². The van der Waals surface area contributed by atoms with Crippen LogP contribution in [0.4, 0.5) is 5.69 Å². The summed E-state index contributed by atoms with van der Waals surface area (Å²) in [7, 11) is -0.872. The van der Waals surface area contributed by atoms with Gasteiger partial charge in [0.15, 0.2) is 11.5 Å². The minimum Gasteiger partial charge on any atom is -0.493 e. The molecule has 0 aliphatic rings. The van der Waals surface area contributed by atoms with Gasteiger partial charge in [-0.25, -0.2) is 13.2 Å². The van der Waals surface area contributed by atoms with Gasteiger partial charge in [0.2, 0.25) is 0 Å². The van der Waals surface area contributed by atoms with E-state index in [-0.39, 0.29) is 4.90 Å². The SMILES string of the molecule is COc1ccc(S(=O)(=O)Nc2ccccc2CCCCCc2ccccc2C(=O)O)cc1OC. The molecule has 3 rings (SSSR count). The predicted octanol–water partition coefficient (Wildman–Crippen LogP) is 5.16. The Morgan fingerprint density at radius 2 is 1.44 bits per heavy atom. The summed E-state index contributed by atoms with van der Waals surface area (Å²) in [4.78, 5) is 11.4. The minimum absolute atomic E-state index is 0.0806. The quantitative estimate of drug-likeness (QED) is 0.345. The van der Waals surface area contributed by atoms with Gasteiger partial charge in [-0.15, -0.1) is 0 Å². The van der Waals surface area contributed by atoms with Crippen molar-refractivity contribution in [3.05, 3.63) is 83.4 Å². The maximum Gasteiger partial charge on any atom is 0.335 e. The normalized spacial score (nSPS) is 11.1. The van der Waals surface area contributed by atoms with Gasteiger partial charge in [0.05, 0.1) is 30.4 Å². The number of methoxy groups -OCH3 is 2. The highest BCUT2D eigenvalue weighted by Gasteiger charge is 2.18. The number of para-hydroxylation sites is 1. The molecule has 0 spiro atoms. The van der Waals surface area contributed by atoms with Crippen LogP contribution in [-0.4, -0.2) is 33.7 Å².